The number of aryl methyl sites for hydroxylation is 1. The Labute approximate surface area is 130 Å². The standard InChI is InChI=1S/C14H14BrFN4O/c1-7-5-10(17-2)20-14(18-7)19-9-6-8-3-4-21-13(8)11(15)12(9)16/h5-6H,3-4H2,1-2H3,(H2,17,18,19,20). The molecule has 21 heavy (non-hydrogen) atoms. The molecule has 0 fully saturated rings. The van der Waals surface area contributed by atoms with Crippen LogP contribution in [0.25, 0.3) is 0 Å². The third kappa shape index (κ3) is 2.65. The second-order valence-electron chi connectivity index (χ2n) is 4.73. The molecule has 2 N–H and O–H groups in total. The van der Waals surface area contributed by atoms with Gasteiger partial charge in [0, 0.05) is 30.8 Å². The maximum atomic E-state index is 14.4. The molecule has 1 aliphatic heterocycles. The Hall–Kier alpha value is -1.89. The van der Waals surface area contributed by atoms with Gasteiger partial charge in [0.15, 0.2) is 5.82 Å². The lowest BCUT2D eigenvalue weighted by Crippen LogP contribution is -2.04. The molecule has 0 unspecified atom stereocenters. The molecular formula is C14H14BrFN4O. The molecule has 0 bridgehead atoms. The number of aromatic nitrogens is 2. The molecule has 2 heterocycles. The molecule has 5 nitrogen and oxygen atoms in total. The molecule has 1 aromatic heterocycles. The van der Waals surface area contributed by atoms with Crippen molar-refractivity contribution in [2.45, 2.75) is 13.3 Å². The highest BCUT2D eigenvalue weighted by molar-refractivity contribution is 9.10. The maximum absolute atomic E-state index is 14.4. The summed E-state index contributed by atoms with van der Waals surface area (Å²) < 4.78 is 20.1. The largest absolute Gasteiger partial charge is 0.492 e. The van der Waals surface area contributed by atoms with E-state index in [1.165, 1.54) is 0 Å². The van der Waals surface area contributed by atoms with Crippen LogP contribution in [0.15, 0.2) is 16.6 Å². The molecular weight excluding hydrogens is 339 g/mol. The second-order valence-corrected chi connectivity index (χ2v) is 5.52. The minimum Gasteiger partial charge on any atom is -0.492 e. The lowest BCUT2D eigenvalue weighted by molar-refractivity contribution is 0.353. The molecule has 1 aromatic carbocycles. The predicted molar refractivity (Wildman–Crippen MR) is 82.9 cm³/mol. The van der Waals surface area contributed by atoms with Crippen LogP contribution in [0.5, 0.6) is 5.75 Å². The Bertz CT molecular complexity index is 708. The van der Waals surface area contributed by atoms with E-state index in [-0.39, 0.29) is 0 Å². The Morgan fingerprint density at radius 1 is 1.33 bits per heavy atom. The molecule has 7 heteroatoms. The fraction of sp³-hybridized carbons (Fsp3) is 0.286. The van der Waals surface area contributed by atoms with Gasteiger partial charge >= 0.3 is 0 Å². The van der Waals surface area contributed by atoms with Crippen LogP contribution < -0.4 is 15.4 Å². The third-order valence-electron chi connectivity index (χ3n) is 3.21. The van der Waals surface area contributed by atoms with Crippen molar-refractivity contribution in [1.29, 1.82) is 0 Å². The van der Waals surface area contributed by atoms with Crippen LogP contribution in [0.1, 0.15) is 11.3 Å². The topological polar surface area (TPSA) is 59.1 Å². The van der Waals surface area contributed by atoms with Crippen molar-refractivity contribution in [1.82, 2.24) is 9.97 Å². The van der Waals surface area contributed by atoms with Crippen LogP contribution in [0.3, 0.4) is 0 Å². The van der Waals surface area contributed by atoms with E-state index in [0.717, 1.165) is 17.7 Å². The van der Waals surface area contributed by atoms with Crippen LogP contribution in [-0.4, -0.2) is 23.6 Å². The average Bonchev–Trinajstić information content (AvgIpc) is 2.92. The Morgan fingerprint density at radius 3 is 2.90 bits per heavy atom. The number of anilines is 3. The van der Waals surface area contributed by atoms with E-state index in [1.807, 2.05) is 13.0 Å². The highest BCUT2D eigenvalue weighted by Gasteiger charge is 2.22. The monoisotopic (exact) mass is 352 g/mol. The fourth-order valence-electron chi connectivity index (χ4n) is 2.23. The maximum Gasteiger partial charge on any atom is 0.229 e. The van der Waals surface area contributed by atoms with Gasteiger partial charge < -0.3 is 15.4 Å². The van der Waals surface area contributed by atoms with Gasteiger partial charge in [-0.1, -0.05) is 0 Å². The summed E-state index contributed by atoms with van der Waals surface area (Å²) in [6.07, 6.45) is 0.763. The highest BCUT2D eigenvalue weighted by Crippen LogP contribution is 2.39. The molecule has 0 amide bonds. The number of hydrogen-bond donors (Lipinski definition) is 2. The number of nitrogens with zero attached hydrogens (tertiary/aromatic N) is 2. The molecule has 0 atom stereocenters. The van der Waals surface area contributed by atoms with E-state index >= 15 is 0 Å². The van der Waals surface area contributed by atoms with Crippen molar-refractivity contribution in [3.05, 3.63) is 33.7 Å². The Morgan fingerprint density at radius 2 is 2.14 bits per heavy atom. The summed E-state index contributed by atoms with van der Waals surface area (Å²) in [6.45, 7) is 2.43. The van der Waals surface area contributed by atoms with Crippen LogP contribution in [0, 0.1) is 12.7 Å². The van der Waals surface area contributed by atoms with Gasteiger partial charge in [0.1, 0.15) is 11.6 Å². The number of fused-ring (bicyclic) bond motifs is 1. The number of halogens is 2. The fourth-order valence-corrected chi connectivity index (χ4v) is 2.81. The van der Waals surface area contributed by atoms with Crippen molar-refractivity contribution < 1.29 is 9.13 Å². The smallest absolute Gasteiger partial charge is 0.229 e. The highest BCUT2D eigenvalue weighted by atomic mass is 79.9. The number of benzene rings is 1. The normalized spacial score (nSPS) is 12.8. The minimum absolute atomic E-state index is 0.332. The van der Waals surface area contributed by atoms with E-state index in [4.69, 9.17) is 4.74 Å². The van der Waals surface area contributed by atoms with Gasteiger partial charge in [-0.15, -0.1) is 0 Å². The van der Waals surface area contributed by atoms with Gasteiger partial charge in [0.2, 0.25) is 5.95 Å². The van der Waals surface area contributed by atoms with Crippen LogP contribution >= 0.6 is 15.9 Å². The van der Waals surface area contributed by atoms with E-state index in [0.29, 0.717) is 34.3 Å². The van der Waals surface area contributed by atoms with Crippen LogP contribution in [-0.2, 0) is 6.42 Å². The quantitative estimate of drug-likeness (QED) is 0.886. The van der Waals surface area contributed by atoms with Crippen molar-refractivity contribution in [2.24, 2.45) is 0 Å². The summed E-state index contributed by atoms with van der Waals surface area (Å²) in [7, 11) is 1.77. The van der Waals surface area contributed by atoms with E-state index in [1.54, 1.807) is 13.1 Å². The van der Waals surface area contributed by atoms with Gasteiger partial charge in [-0.2, -0.15) is 4.98 Å². The minimum atomic E-state index is -0.410. The molecule has 3 rings (SSSR count). The predicted octanol–water partition coefficient (Wildman–Crippen LogP) is 3.41. The van der Waals surface area contributed by atoms with E-state index in [2.05, 4.69) is 36.5 Å². The zero-order chi connectivity index (χ0) is 15.0. The summed E-state index contributed by atoms with van der Waals surface area (Å²) >= 11 is 3.24. The molecule has 0 spiro atoms. The summed E-state index contributed by atoms with van der Waals surface area (Å²) in [4.78, 5) is 8.53. The number of rotatable bonds is 3. The first-order valence-electron chi connectivity index (χ1n) is 6.52. The van der Waals surface area contributed by atoms with Crippen LogP contribution in [0.2, 0.25) is 0 Å². The zero-order valence-electron chi connectivity index (χ0n) is 11.6. The summed E-state index contributed by atoms with van der Waals surface area (Å²) in [5, 5.41) is 5.88. The number of hydrogen-bond acceptors (Lipinski definition) is 5. The molecule has 1 aliphatic rings. The first-order chi connectivity index (χ1) is 10.1. The van der Waals surface area contributed by atoms with Crippen molar-refractivity contribution >= 4 is 33.4 Å². The second kappa shape index (κ2) is 5.48. The lowest BCUT2D eigenvalue weighted by Gasteiger charge is -2.11. The molecule has 0 saturated carbocycles. The first-order valence-corrected chi connectivity index (χ1v) is 7.32. The molecule has 0 saturated heterocycles. The van der Waals surface area contributed by atoms with Gasteiger partial charge in [-0.05, 0) is 28.9 Å². The SMILES string of the molecule is CNc1cc(C)nc(Nc2cc3c(c(Br)c2F)OCC3)n1. The molecule has 110 valence electrons. The number of ether oxygens (including phenoxy) is 1. The lowest BCUT2D eigenvalue weighted by atomic mass is 10.1. The molecule has 0 aliphatic carbocycles. The third-order valence-corrected chi connectivity index (χ3v) is 3.92. The van der Waals surface area contributed by atoms with Crippen LogP contribution in [0.4, 0.5) is 21.8 Å². The first kappa shape index (κ1) is 14.1. The van der Waals surface area contributed by atoms with Gasteiger partial charge in [-0.3, -0.25) is 0 Å². The van der Waals surface area contributed by atoms with Crippen molar-refractivity contribution in [2.75, 3.05) is 24.3 Å². The Kier molecular flexibility index (Phi) is 3.67. The Balaban J connectivity index is 1.99. The summed E-state index contributed by atoms with van der Waals surface area (Å²) in [5.74, 6) is 1.20. The van der Waals surface area contributed by atoms with Crippen molar-refractivity contribution in [3.63, 3.8) is 0 Å². The van der Waals surface area contributed by atoms with E-state index < -0.39 is 5.82 Å². The molecule has 0 radical (unpaired) electrons. The number of nitrogens with one attached hydrogen (secondary N) is 2. The average molecular weight is 353 g/mol. The zero-order valence-corrected chi connectivity index (χ0v) is 13.2. The van der Waals surface area contributed by atoms with E-state index in [9.17, 15) is 4.39 Å². The molecule has 2 aromatic rings. The van der Waals surface area contributed by atoms with Gasteiger partial charge in [-0.25, -0.2) is 9.37 Å². The summed E-state index contributed by atoms with van der Waals surface area (Å²) in [6, 6.07) is 3.56. The van der Waals surface area contributed by atoms with Gasteiger partial charge in [0.05, 0.1) is 16.8 Å². The summed E-state index contributed by atoms with van der Waals surface area (Å²) in [5.41, 5.74) is 2.09. The van der Waals surface area contributed by atoms with Crippen molar-refractivity contribution in [3.8, 4) is 5.75 Å². The van der Waals surface area contributed by atoms with Gasteiger partial charge in [0.25, 0.3) is 0 Å².